The van der Waals surface area contributed by atoms with E-state index in [4.69, 9.17) is 0 Å². The van der Waals surface area contributed by atoms with Crippen LogP contribution >= 0.6 is 0 Å². The summed E-state index contributed by atoms with van der Waals surface area (Å²) in [6.07, 6.45) is 1.08. The van der Waals surface area contributed by atoms with Crippen LogP contribution in [0.25, 0.3) is 11.1 Å². The maximum atomic E-state index is 2.53. The highest BCUT2D eigenvalue weighted by Gasteiger charge is 2.46. The first-order valence-corrected chi connectivity index (χ1v) is 13.5. The molecule has 0 radical (unpaired) electrons. The van der Waals surface area contributed by atoms with Crippen molar-refractivity contribution in [2.24, 2.45) is 0 Å². The topological polar surface area (TPSA) is 0 Å². The maximum Gasteiger partial charge on any atom is 0.0343 e. The minimum Gasteiger partial charge on any atom is -0.0642 e. The van der Waals surface area contributed by atoms with Gasteiger partial charge in [0.15, 0.2) is 0 Å². The Morgan fingerprint density at radius 1 is 0.562 bits per heavy atom. The largest absolute Gasteiger partial charge is 0.0642 e. The van der Waals surface area contributed by atoms with E-state index in [0.717, 1.165) is 6.42 Å². The second kappa shape index (κ2) is 8.68. The fourth-order valence-electron chi connectivity index (χ4n) is 5.51. The van der Waals surface area contributed by atoms with Crippen LogP contribution in [0.4, 0.5) is 0 Å². The lowest BCUT2D eigenvalue weighted by Crippen LogP contribution is -2.36. The Bertz CT molecular complexity index is 1270. The van der Waals surface area contributed by atoms with Gasteiger partial charge in [0.05, 0.1) is 0 Å². The highest BCUT2D eigenvalue weighted by molar-refractivity contribution is 6.87. The van der Waals surface area contributed by atoms with E-state index in [-0.39, 0.29) is 5.04 Å². The molecule has 1 heteroatoms. The van der Waals surface area contributed by atoms with E-state index < -0.39 is 8.41 Å². The van der Waals surface area contributed by atoms with E-state index in [0.29, 0.717) is 0 Å². The fourth-order valence-corrected chi connectivity index (χ4v) is 8.96. The molecule has 0 nitrogen and oxygen atoms in total. The number of rotatable bonds is 5. The van der Waals surface area contributed by atoms with Crippen molar-refractivity contribution in [2.75, 3.05) is 0 Å². The molecule has 0 saturated heterocycles. The van der Waals surface area contributed by atoms with Crippen LogP contribution in [0.3, 0.4) is 0 Å². The first kappa shape index (κ1) is 20.6. The van der Waals surface area contributed by atoms with E-state index in [1.54, 1.807) is 5.17 Å². The van der Waals surface area contributed by atoms with Crippen molar-refractivity contribution in [3.05, 3.63) is 144 Å². The van der Waals surface area contributed by atoms with Gasteiger partial charge in [0.1, 0.15) is 0 Å². The first-order valence-electron chi connectivity index (χ1n) is 11.5. The van der Waals surface area contributed by atoms with Gasteiger partial charge in [-0.25, -0.2) is 0 Å². The van der Waals surface area contributed by atoms with Crippen LogP contribution < -0.4 is 0 Å². The maximum absolute atomic E-state index is 2.53. The molecular weight excluding hydrogens is 400 g/mol. The summed E-state index contributed by atoms with van der Waals surface area (Å²) >= 11 is 0. The Labute approximate surface area is 193 Å². The Hall–Kier alpha value is -3.29. The van der Waals surface area contributed by atoms with Crippen LogP contribution in [-0.2, 0) is 5.04 Å². The van der Waals surface area contributed by atoms with Crippen molar-refractivity contribution in [3.8, 4) is 0 Å². The molecule has 1 aliphatic rings. The minimum atomic E-state index is -0.997. The number of allylic oxidation sites excluding steroid dienone is 2. The average Bonchev–Trinajstić information content (AvgIpc) is 3.15. The molecule has 4 aromatic rings. The standard InChI is InChI=1S/C31H28Si/c1-3-31(27-22-14-7-15-23-27)29(25-18-10-5-11-19-25)28(24-16-8-4-9-17-24)30(32(31)2)26-20-12-6-13-21-26/h4-23H,3H2,1-2H3. The molecule has 1 unspecified atom stereocenters. The van der Waals surface area contributed by atoms with Crippen LogP contribution in [0.5, 0.6) is 0 Å². The van der Waals surface area contributed by atoms with Crippen LogP contribution in [0.15, 0.2) is 121 Å². The third kappa shape index (κ3) is 3.25. The van der Waals surface area contributed by atoms with Crippen LogP contribution in [0, 0.1) is 0 Å². The van der Waals surface area contributed by atoms with Gasteiger partial charge in [-0.15, -0.1) is 0 Å². The van der Waals surface area contributed by atoms with Crippen molar-refractivity contribution in [3.63, 3.8) is 0 Å². The SMILES string of the molecule is CCC1(c2ccccc2)C(c2ccccc2)=C(c2ccccc2)C(c2ccccc2)=[Si]1C. The molecule has 0 bridgehead atoms. The monoisotopic (exact) mass is 428 g/mol. The molecule has 5 rings (SSSR count). The summed E-state index contributed by atoms with van der Waals surface area (Å²) < 4.78 is 0. The van der Waals surface area contributed by atoms with Crippen molar-refractivity contribution >= 4 is 24.7 Å². The van der Waals surface area contributed by atoms with Gasteiger partial charge < -0.3 is 0 Å². The predicted octanol–water partition coefficient (Wildman–Crippen LogP) is 7.43. The molecule has 4 aromatic carbocycles. The van der Waals surface area contributed by atoms with Gasteiger partial charge in [-0.05, 0) is 45.0 Å². The van der Waals surface area contributed by atoms with Gasteiger partial charge in [-0.3, -0.25) is 0 Å². The normalized spacial score (nSPS) is 18.3. The molecule has 156 valence electrons. The van der Waals surface area contributed by atoms with Crippen LogP contribution in [-0.4, -0.2) is 13.6 Å². The van der Waals surface area contributed by atoms with Gasteiger partial charge in [-0.1, -0.05) is 135 Å². The van der Waals surface area contributed by atoms with Crippen molar-refractivity contribution in [2.45, 2.75) is 24.9 Å². The van der Waals surface area contributed by atoms with E-state index in [9.17, 15) is 0 Å². The zero-order valence-electron chi connectivity index (χ0n) is 18.8. The summed E-state index contributed by atoms with van der Waals surface area (Å²) in [5.41, 5.74) is 8.39. The summed E-state index contributed by atoms with van der Waals surface area (Å²) in [5.74, 6) is 0. The molecule has 0 aromatic heterocycles. The third-order valence-electron chi connectivity index (χ3n) is 6.93. The second-order valence-electron chi connectivity index (χ2n) is 8.47. The third-order valence-corrected chi connectivity index (χ3v) is 10.4. The number of hydrogen-bond donors (Lipinski definition) is 0. The smallest absolute Gasteiger partial charge is 0.0343 e. The van der Waals surface area contributed by atoms with Crippen LogP contribution in [0.2, 0.25) is 6.55 Å². The Morgan fingerprint density at radius 3 is 1.50 bits per heavy atom. The van der Waals surface area contributed by atoms with Gasteiger partial charge >= 0.3 is 0 Å². The highest BCUT2D eigenvalue weighted by atomic mass is 28.2. The molecule has 0 saturated carbocycles. The predicted molar refractivity (Wildman–Crippen MR) is 140 cm³/mol. The second-order valence-corrected chi connectivity index (χ2v) is 11.1. The zero-order valence-corrected chi connectivity index (χ0v) is 19.8. The van der Waals surface area contributed by atoms with E-state index in [1.807, 2.05) is 0 Å². The molecule has 0 amide bonds. The van der Waals surface area contributed by atoms with E-state index >= 15 is 0 Å². The quantitative estimate of drug-likeness (QED) is 0.290. The highest BCUT2D eigenvalue weighted by Crippen LogP contribution is 2.51. The molecule has 0 N–H and O–H groups in total. The zero-order chi connectivity index (χ0) is 22.0. The molecule has 0 spiro atoms. The van der Waals surface area contributed by atoms with Gasteiger partial charge in [0, 0.05) is 13.4 Å². The Morgan fingerprint density at radius 2 is 1.00 bits per heavy atom. The van der Waals surface area contributed by atoms with Crippen molar-refractivity contribution in [1.82, 2.24) is 0 Å². The Balaban J connectivity index is 1.95. The van der Waals surface area contributed by atoms with Crippen molar-refractivity contribution < 1.29 is 0 Å². The van der Waals surface area contributed by atoms with Crippen molar-refractivity contribution in [1.29, 1.82) is 0 Å². The number of hydrogen-bond acceptors (Lipinski definition) is 0. The molecule has 0 aliphatic carbocycles. The summed E-state index contributed by atoms with van der Waals surface area (Å²) in [4.78, 5) is 0. The summed E-state index contributed by atoms with van der Waals surface area (Å²) in [7, 11) is -0.997. The number of benzene rings is 4. The summed E-state index contributed by atoms with van der Waals surface area (Å²) in [6, 6.07) is 44.4. The van der Waals surface area contributed by atoms with Gasteiger partial charge in [0.2, 0.25) is 0 Å². The molecule has 32 heavy (non-hydrogen) atoms. The van der Waals surface area contributed by atoms with Gasteiger partial charge in [-0.2, -0.15) is 0 Å². The van der Waals surface area contributed by atoms with E-state index in [1.165, 1.54) is 33.4 Å². The fraction of sp³-hybridized carbons (Fsp3) is 0.129. The summed E-state index contributed by atoms with van der Waals surface area (Å²) in [6.45, 7) is 4.91. The lowest BCUT2D eigenvalue weighted by atomic mass is 9.78. The molecule has 0 fully saturated rings. The molecule has 1 atom stereocenters. The minimum absolute atomic E-state index is 0.00360. The first-order chi connectivity index (χ1) is 15.8. The van der Waals surface area contributed by atoms with Gasteiger partial charge in [0.25, 0.3) is 0 Å². The Kier molecular flexibility index (Phi) is 5.59. The van der Waals surface area contributed by atoms with E-state index in [2.05, 4.69) is 135 Å². The summed E-state index contributed by atoms with van der Waals surface area (Å²) in [5, 5.41) is 1.55. The molecular formula is C31H28Si. The molecule has 1 heterocycles. The molecule has 1 aliphatic heterocycles. The van der Waals surface area contributed by atoms with Crippen LogP contribution in [0.1, 0.15) is 35.6 Å². The lowest BCUT2D eigenvalue weighted by Gasteiger charge is -2.35. The lowest BCUT2D eigenvalue weighted by molar-refractivity contribution is 0.732. The average molecular weight is 429 g/mol.